The van der Waals surface area contributed by atoms with Crippen LogP contribution in [-0.2, 0) is 0 Å². The Morgan fingerprint density at radius 1 is 0.364 bits per heavy atom. The molecule has 0 saturated carbocycles. The van der Waals surface area contributed by atoms with Crippen LogP contribution in [0.5, 0.6) is 0 Å². The molecule has 11 rings (SSSR count). The summed E-state index contributed by atoms with van der Waals surface area (Å²) in [7, 11) is 0. The van der Waals surface area contributed by atoms with Crippen LogP contribution in [0.2, 0.25) is 0 Å². The summed E-state index contributed by atoms with van der Waals surface area (Å²) in [6.07, 6.45) is 0. The molecule has 0 radical (unpaired) electrons. The monoisotopic (exact) mass is 702 g/mol. The van der Waals surface area contributed by atoms with Crippen molar-refractivity contribution in [2.24, 2.45) is 0 Å². The number of anilines is 3. The van der Waals surface area contributed by atoms with Crippen LogP contribution in [0.25, 0.3) is 82.5 Å². The minimum absolute atomic E-state index is 0.851. The van der Waals surface area contributed by atoms with E-state index in [2.05, 4.69) is 216 Å². The van der Waals surface area contributed by atoms with Gasteiger partial charge in [0.1, 0.15) is 11.2 Å². The highest BCUT2D eigenvalue weighted by molar-refractivity contribution is 6.14. The SMILES string of the molecule is c1ccc(-c2cccc3ccc(-c4ccc(N(c5ccccc5)c5ccc6c(c5)oc5cccc(-n7c8ccccc8c8ccccc87)c56)cc4)cc23)cc1. The minimum atomic E-state index is 0.851. The van der Waals surface area contributed by atoms with Crippen molar-refractivity contribution < 1.29 is 4.42 Å². The van der Waals surface area contributed by atoms with E-state index in [0.29, 0.717) is 0 Å². The number of hydrogen-bond donors (Lipinski definition) is 0. The molecule has 258 valence electrons. The Balaban J connectivity index is 1.02. The van der Waals surface area contributed by atoms with E-state index >= 15 is 0 Å². The largest absolute Gasteiger partial charge is 0.456 e. The van der Waals surface area contributed by atoms with E-state index in [-0.39, 0.29) is 0 Å². The highest BCUT2D eigenvalue weighted by Gasteiger charge is 2.20. The lowest BCUT2D eigenvalue weighted by Gasteiger charge is -2.25. The van der Waals surface area contributed by atoms with Gasteiger partial charge in [-0.15, -0.1) is 0 Å². The molecule has 0 saturated heterocycles. The van der Waals surface area contributed by atoms with Crippen molar-refractivity contribution in [2.45, 2.75) is 0 Å². The molecule has 2 aromatic heterocycles. The number of hydrogen-bond acceptors (Lipinski definition) is 2. The summed E-state index contributed by atoms with van der Waals surface area (Å²) in [4.78, 5) is 2.30. The van der Waals surface area contributed by atoms with Crippen LogP contribution in [0.15, 0.2) is 211 Å². The summed E-state index contributed by atoms with van der Waals surface area (Å²) in [5.74, 6) is 0. The van der Waals surface area contributed by atoms with Gasteiger partial charge < -0.3 is 13.9 Å². The van der Waals surface area contributed by atoms with E-state index in [1.165, 1.54) is 54.8 Å². The van der Waals surface area contributed by atoms with Crippen molar-refractivity contribution in [3.8, 4) is 27.9 Å². The first kappa shape index (κ1) is 31.2. The zero-order valence-electron chi connectivity index (χ0n) is 29.9. The molecule has 2 heterocycles. The Hall–Kier alpha value is -7.36. The predicted molar refractivity (Wildman–Crippen MR) is 231 cm³/mol. The molecule has 0 amide bonds. The van der Waals surface area contributed by atoms with Crippen molar-refractivity contribution in [3.63, 3.8) is 0 Å². The van der Waals surface area contributed by atoms with Crippen LogP contribution in [0.3, 0.4) is 0 Å². The lowest BCUT2D eigenvalue weighted by Crippen LogP contribution is -2.09. The molecule has 0 fully saturated rings. The first-order chi connectivity index (χ1) is 27.3. The molecule has 0 aliphatic heterocycles. The Kier molecular flexibility index (Phi) is 7.17. The van der Waals surface area contributed by atoms with E-state index in [9.17, 15) is 0 Å². The molecule has 0 N–H and O–H groups in total. The summed E-state index contributed by atoms with van der Waals surface area (Å²) in [6, 6.07) is 73.7. The van der Waals surface area contributed by atoms with E-state index < -0.39 is 0 Å². The molecule has 0 aliphatic rings. The average molecular weight is 703 g/mol. The second-order valence-corrected chi connectivity index (χ2v) is 14.1. The molecule has 0 unspecified atom stereocenters. The van der Waals surface area contributed by atoms with Crippen molar-refractivity contribution in [1.82, 2.24) is 4.57 Å². The maximum Gasteiger partial charge on any atom is 0.137 e. The van der Waals surface area contributed by atoms with Gasteiger partial charge in [-0.05, 0) is 99.8 Å². The maximum atomic E-state index is 6.69. The summed E-state index contributed by atoms with van der Waals surface area (Å²) < 4.78 is 9.07. The molecule has 3 nitrogen and oxygen atoms in total. The van der Waals surface area contributed by atoms with Crippen molar-refractivity contribution >= 4 is 71.6 Å². The van der Waals surface area contributed by atoms with Gasteiger partial charge in [-0.1, -0.05) is 133 Å². The van der Waals surface area contributed by atoms with Gasteiger partial charge in [0, 0.05) is 39.3 Å². The number of furan rings is 1. The minimum Gasteiger partial charge on any atom is -0.456 e. The van der Waals surface area contributed by atoms with Crippen LogP contribution < -0.4 is 4.90 Å². The second kappa shape index (κ2) is 12.6. The third kappa shape index (κ3) is 5.13. The average Bonchev–Trinajstić information content (AvgIpc) is 3.80. The molecule has 0 atom stereocenters. The Morgan fingerprint density at radius 3 is 1.76 bits per heavy atom. The number of fused-ring (bicyclic) bond motifs is 7. The predicted octanol–water partition coefficient (Wildman–Crippen LogP) is 14.6. The lowest BCUT2D eigenvalue weighted by atomic mass is 9.95. The fourth-order valence-corrected chi connectivity index (χ4v) is 8.45. The van der Waals surface area contributed by atoms with Gasteiger partial charge in [0.05, 0.1) is 22.1 Å². The zero-order valence-corrected chi connectivity index (χ0v) is 29.9. The highest BCUT2D eigenvalue weighted by atomic mass is 16.3. The first-order valence-corrected chi connectivity index (χ1v) is 18.8. The third-order valence-electron chi connectivity index (χ3n) is 11.0. The van der Waals surface area contributed by atoms with E-state index in [1.54, 1.807) is 0 Å². The normalized spacial score (nSPS) is 11.6. The third-order valence-corrected chi connectivity index (χ3v) is 11.0. The van der Waals surface area contributed by atoms with Crippen LogP contribution in [0, 0.1) is 0 Å². The van der Waals surface area contributed by atoms with Gasteiger partial charge in [0.2, 0.25) is 0 Å². The number of para-hydroxylation sites is 3. The van der Waals surface area contributed by atoms with Crippen molar-refractivity contribution in [2.75, 3.05) is 4.90 Å². The van der Waals surface area contributed by atoms with Gasteiger partial charge in [-0.25, -0.2) is 0 Å². The molecule has 55 heavy (non-hydrogen) atoms. The highest BCUT2D eigenvalue weighted by Crippen LogP contribution is 2.42. The van der Waals surface area contributed by atoms with E-state index in [1.807, 2.05) is 0 Å². The molecule has 9 aromatic carbocycles. The van der Waals surface area contributed by atoms with Crippen LogP contribution in [0.4, 0.5) is 17.1 Å². The van der Waals surface area contributed by atoms with Crippen LogP contribution in [0.1, 0.15) is 0 Å². The summed E-state index contributed by atoms with van der Waals surface area (Å²) >= 11 is 0. The molecule has 3 heteroatoms. The fourth-order valence-electron chi connectivity index (χ4n) is 8.45. The summed E-state index contributed by atoms with van der Waals surface area (Å²) in [5, 5.41) is 7.17. The number of benzene rings is 9. The Morgan fingerprint density at radius 2 is 1.00 bits per heavy atom. The fraction of sp³-hybridized carbons (Fsp3) is 0. The number of nitrogens with zero attached hydrogens (tertiary/aromatic N) is 2. The Labute approximate surface area is 318 Å². The summed E-state index contributed by atoms with van der Waals surface area (Å²) in [6.45, 7) is 0. The van der Waals surface area contributed by atoms with E-state index in [4.69, 9.17) is 4.42 Å². The number of aromatic nitrogens is 1. The summed E-state index contributed by atoms with van der Waals surface area (Å²) in [5.41, 5.74) is 13.2. The zero-order chi connectivity index (χ0) is 36.3. The quantitative estimate of drug-likeness (QED) is 0.172. The Bertz CT molecular complexity index is 3140. The molecule has 0 spiro atoms. The van der Waals surface area contributed by atoms with Gasteiger partial charge in [0.25, 0.3) is 0 Å². The standard InChI is InChI=1S/C52H34N2O/c1-3-13-36(14-4-1)42-20-11-15-37-25-26-38(33-46(37)42)35-27-29-40(30-28-35)53(39-16-5-2-6-17-39)41-31-32-45-51(34-41)55-50-24-12-23-49(52(45)50)54-47-21-9-7-18-43(47)44-19-8-10-22-48(44)54/h1-34H. The number of rotatable bonds is 6. The van der Waals surface area contributed by atoms with Gasteiger partial charge >= 0.3 is 0 Å². The van der Waals surface area contributed by atoms with Crippen LogP contribution in [-0.4, -0.2) is 4.57 Å². The maximum absolute atomic E-state index is 6.69. The van der Waals surface area contributed by atoms with Gasteiger partial charge in [-0.2, -0.15) is 0 Å². The van der Waals surface area contributed by atoms with Crippen molar-refractivity contribution in [3.05, 3.63) is 206 Å². The first-order valence-electron chi connectivity index (χ1n) is 18.8. The molecular formula is C52H34N2O. The van der Waals surface area contributed by atoms with Gasteiger partial charge in [0.15, 0.2) is 0 Å². The van der Waals surface area contributed by atoms with Gasteiger partial charge in [-0.3, -0.25) is 0 Å². The molecular weight excluding hydrogens is 669 g/mol. The van der Waals surface area contributed by atoms with Crippen molar-refractivity contribution in [1.29, 1.82) is 0 Å². The molecule has 0 bridgehead atoms. The second-order valence-electron chi connectivity index (χ2n) is 14.1. The lowest BCUT2D eigenvalue weighted by molar-refractivity contribution is 0.669. The van der Waals surface area contributed by atoms with E-state index in [0.717, 1.165) is 44.7 Å². The van der Waals surface area contributed by atoms with Crippen LogP contribution >= 0.6 is 0 Å². The molecule has 11 aromatic rings. The topological polar surface area (TPSA) is 21.3 Å². The smallest absolute Gasteiger partial charge is 0.137 e. The molecule has 0 aliphatic carbocycles.